The highest BCUT2D eigenvalue weighted by molar-refractivity contribution is 8.01. The Balaban J connectivity index is 1.67. The summed E-state index contributed by atoms with van der Waals surface area (Å²) in [4.78, 5) is 26.9. The Morgan fingerprint density at radius 2 is 1.43 bits per heavy atom. The monoisotopic (exact) mass is 521 g/mol. The van der Waals surface area contributed by atoms with Gasteiger partial charge in [0.15, 0.2) is 0 Å². The van der Waals surface area contributed by atoms with Crippen molar-refractivity contribution in [1.29, 1.82) is 0 Å². The first kappa shape index (κ1) is 26.6. The summed E-state index contributed by atoms with van der Waals surface area (Å²) >= 11 is 1.16. The third kappa shape index (κ3) is 5.76. The summed E-state index contributed by atoms with van der Waals surface area (Å²) in [6.07, 6.45) is 1.09. The molecule has 0 bridgehead atoms. The lowest BCUT2D eigenvalue weighted by Crippen LogP contribution is -2.77. The Labute approximate surface area is 221 Å². The fourth-order valence-corrected chi connectivity index (χ4v) is 5.99. The second-order valence-electron chi connectivity index (χ2n) is 8.85. The summed E-state index contributed by atoms with van der Waals surface area (Å²) < 4.78 is 16.2. The summed E-state index contributed by atoms with van der Waals surface area (Å²) in [5.74, 6) is 0.591. The fourth-order valence-electron chi connectivity index (χ4n) is 4.67. The van der Waals surface area contributed by atoms with Crippen molar-refractivity contribution in [2.75, 3.05) is 20.8 Å². The highest BCUT2D eigenvalue weighted by Crippen LogP contribution is 2.48. The van der Waals surface area contributed by atoms with Crippen LogP contribution in [0.1, 0.15) is 18.1 Å². The first-order valence-corrected chi connectivity index (χ1v) is 12.8. The molecule has 1 saturated heterocycles. The number of hydrogen-bond acceptors (Lipinski definition) is 7. The van der Waals surface area contributed by atoms with Crippen molar-refractivity contribution in [2.45, 2.75) is 41.7 Å². The van der Waals surface area contributed by atoms with Crippen LogP contribution in [0.4, 0.5) is 0 Å². The van der Waals surface area contributed by atoms with Crippen LogP contribution in [0.5, 0.6) is 11.5 Å². The van der Waals surface area contributed by atoms with Crippen LogP contribution < -0.4 is 9.47 Å². The number of esters is 1. The number of nitrogens with zero attached hydrogens (tertiary/aromatic N) is 1. The van der Waals surface area contributed by atoms with E-state index in [0.29, 0.717) is 12.8 Å². The van der Waals surface area contributed by atoms with Gasteiger partial charge in [-0.2, -0.15) is 0 Å². The maximum absolute atomic E-state index is 13.9. The van der Waals surface area contributed by atoms with Crippen molar-refractivity contribution >= 4 is 23.6 Å². The number of hydrogen-bond donors (Lipinski definition) is 1. The lowest BCUT2D eigenvalue weighted by atomic mass is 9.88. The van der Waals surface area contributed by atoms with Crippen molar-refractivity contribution in [2.24, 2.45) is 0 Å². The van der Waals surface area contributed by atoms with Crippen LogP contribution in [-0.4, -0.2) is 59.7 Å². The van der Waals surface area contributed by atoms with E-state index in [2.05, 4.69) is 0 Å². The molecule has 1 aliphatic heterocycles. The minimum absolute atomic E-state index is 0.286. The zero-order valence-electron chi connectivity index (χ0n) is 21.1. The molecule has 4 rings (SSSR count). The van der Waals surface area contributed by atoms with Crippen LogP contribution in [-0.2, 0) is 27.2 Å². The Morgan fingerprint density at radius 1 is 0.919 bits per heavy atom. The number of rotatable bonds is 11. The summed E-state index contributed by atoms with van der Waals surface area (Å²) in [7, 11) is 3.23. The minimum Gasteiger partial charge on any atom is -0.497 e. The van der Waals surface area contributed by atoms with Crippen molar-refractivity contribution in [3.63, 3.8) is 0 Å². The smallest absolute Gasteiger partial charge is 0.304 e. The van der Waals surface area contributed by atoms with Crippen LogP contribution in [0.3, 0.4) is 0 Å². The van der Waals surface area contributed by atoms with Crippen LogP contribution in [0, 0.1) is 0 Å². The van der Waals surface area contributed by atoms with Crippen molar-refractivity contribution in [3.05, 3.63) is 90.0 Å². The molecule has 1 amide bonds. The molecule has 1 heterocycles. The summed E-state index contributed by atoms with van der Waals surface area (Å²) in [6.45, 7) is 0.935. The molecule has 0 aliphatic carbocycles. The van der Waals surface area contributed by atoms with Gasteiger partial charge in [0.2, 0.25) is 0 Å². The Bertz CT molecular complexity index is 1150. The van der Waals surface area contributed by atoms with E-state index in [0.717, 1.165) is 39.3 Å². The molecule has 2 unspecified atom stereocenters. The lowest BCUT2D eigenvalue weighted by molar-refractivity contribution is -0.196. The second-order valence-corrected chi connectivity index (χ2v) is 10.1. The van der Waals surface area contributed by atoms with E-state index in [1.807, 2.05) is 78.9 Å². The topological polar surface area (TPSA) is 85.3 Å². The zero-order valence-corrected chi connectivity index (χ0v) is 21.9. The van der Waals surface area contributed by atoms with Gasteiger partial charge in [0, 0.05) is 17.9 Å². The standard InChI is InChI=1S/C29H31NO6S/c1-20(32)36-29(37-26-7-5-4-6-8-26)27(19-31)30(28(29)33)23(17-21-9-13-24(34-2)14-10-21)18-22-11-15-25(35-3)16-12-22/h4-16,23,27,31H,17-19H2,1-3H3. The maximum atomic E-state index is 13.9. The molecule has 194 valence electrons. The van der Waals surface area contributed by atoms with Crippen LogP contribution in [0.2, 0.25) is 0 Å². The average molecular weight is 522 g/mol. The van der Waals surface area contributed by atoms with E-state index in [-0.39, 0.29) is 18.6 Å². The van der Waals surface area contributed by atoms with E-state index in [9.17, 15) is 14.7 Å². The van der Waals surface area contributed by atoms with Gasteiger partial charge in [0.25, 0.3) is 10.8 Å². The molecule has 1 fully saturated rings. The molecule has 0 aromatic heterocycles. The number of aliphatic hydroxyl groups excluding tert-OH is 1. The predicted molar refractivity (Wildman–Crippen MR) is 142 cm³/mol. The van der Waals surface area contributed by atoms with E-state index in [1.54, 1.807) is 19.1 Å². The third-order valence-electron chi connectivity index (χ3n) is 6.44. The molecule has 3 aromatic rings. The number of benzene rings is 3. The Kier molecular flexibility index (Phi) is 8.41. The first-order valence-electron chi connectivity index (χ1n) is 12.0. The molecule has 7 nitrogen and oxygen atoms in total. The number of likely N-dealkylation sites (tertiary alicyclic amines) is 1. The quantitative estimate of drug-likeness (QED) is 0.231. The molecule has 0 radical (unpaired) electrons. The molecular weight excluding hydrogens is 490 g/mol. The Morgan fingerprint density at radius 3 is 1.86 bits per heavy atom. The minimum atomic E-state index is -1.53. The number of ether oxygens (including phenoxy) is 3. The van der Waals surface area contributed by atoms with Gasteiger partial charge >= 0.3 is 5.97 Å². The van der Waals surface area contributed by atoms with E-state index >= 15 is 0 Å². The van der Waals surface area contributed by atoms with Gasteiger partial charge in [0.1, 0.15) is 17.5 Å². The number of methoxy groups -OCH3 is 2. The lowest BCUT2D eigenvalue weighted by Gasteiger charge is -2.56. The largest absolute Gasteiger partial charge is 0.497 e. The number of β-lactam (4-membered cyclic amide) rings is 1. The summed E-state index contributed by atoms with van der Waals surface area (Å²) in [5.41, 5.74) is 2.04. The zero-order chi connectivity index (χ0) is 26.4. The molecule has 3 aromatic carbocycles. The van der Waals surface area contributed by atoms with Gasteiger partial charge in [-0.05, 0) is 60.4 Å². The molecule has 37 heavy (non-hydrogen) atoms. The molecule has 0 saturated carbocycles. The van der Waals surface area contributed by atoms with Gasteiger partial charge < -0.3 is 24.2 Å². The van der Waals surface area contributed by atoms with Gasteiger partial charge in [-0.3, -0.25) is 9.59 Å². The Hall–Kier alpha value is -3.49. The first-order chi connectivity index (χ1) is 17.9. The normalized spacial score (nSPS) is 18.9. The van der Waals surface area contributed by atoms with Crippen LogP contribution in [0.25, 0.3) is 0 Å². The highest BCUT2D eigenvalue weighted by atomic mass is 32.2. The van der Waals surface area contributed by atoms with Gasteiger partial charge in [0.05, 0.1) is 20.8 Å². The number of carbonyl (C=O) groups excluding carboxylic acids is 2. The van der Waals surface area contributed by atoms with E-state index in [1.165, 1.54) is 6.92 Å². The number of carbonyl (C=O) groups is 2. The predicted octanol–water partition coefficient (Wildman–Crippen LogP) is 4.11. The summed E-state index contributed by atoms with van der Waals surface area (Å²) in [5, 5.41) is 10.5. The highest BCUT2D eigenvalue weighted by Gasteiger charge is 2.66. The van der Waals surface area contributed by atoms with Crippen molar-refractivity contribution in [1.82, 2.24) is 4.90 Å². The van der Waals surface area contributed by atoms with Crippen LogP contribution in [0.15, 0.2) is 83.8 Å². The average Bonchev–Trinajstić information content (AvgIpc) is 2.91. The molecule has 2 atom stereocenters. The van der Waals surface area contributed by atoms with E-state index in [4.69, 9.17) is 14.2 Å². The van der Waals surface area contributed by atoms with Crippen molar-refractivity contribution < 1.29 is 28.9 Å². The molecule has 1 N–H and O–H groups in total. The fraction of sp³-hybridized carbons (Fsp3) is 0.310. The molecular formula is C29H31NO6S. The van der Waals surface area contributed by atoms with Crippen molar-refractivity contribution in [3.8, 4) is 11.5 Å². The third-order valence-corrected chi connectivity index (χ3v) is 7.78. The number of thioether (sulfide) groups is 1. The number of aliphatic hydroxyl groups is 1. The second kappa shape index (κ2) is 11.7. The molecule has 1 aliphatic rings. The van der Waals surface area contributed by atoms with Gasteiger partial charge in [-0.15, -0.1) is 0 Å². The molecule has 0 spiro atoms. The number of amides is 1. The SMILES string of the molecule is COc1ccc(CC(Cc2ccc(OC)cc2)N2C(=O)C(OC(C)=O)(Sc3ccccc3)C2CO)cc1. The summed E-state index contributed by atoms with van der Waals surface area (Å²) in [6, 6.07) is 23.7. The molecule has 8 heteroatoms. The van der Waals surface area contributed by atoms with Crippen LogP contribution >= 0.6 is 11.8 Å². The van der Waals surface area contributed by atoms with E-state index < -0.39 is 16.9 Å². The van der Waals surface area contributed by atoms with Gasteiger partial charge in [-0.1, -0.05) is 54.2 Å². The maximum Gasteiger partial charge on any atom is 0.304 e. The van der Waals surface area contributed by atoms with Gasteiger partial charge in [-0.25, -0.2) is 0 Å².